The van der Waals surface area contributed by atoms with E-state index < -0.39 is 0 Å². The third kappa shape index (κ3) is 4.19. The summed E-state index contributed by atoms with van der Waals surface area (Å²) < 4.78 is 4.03. The number of aryl methyl sites for hydroxylation is 1. The molecule has 3 aromatic heterocycles. The fourth-order valence-electron chi connectivity index (χ4n) is 4.03. The Kier molecular flexibility index (Phi) is 6.06. The molecule has 0 aromatic carbocycles. The molecule has 1 aliphatic carbocycles. The number of rotatable bonds is 7. The highest BCUT2D eigenvalue weighted by molar-refractivity contribution is 5.96. The lowest BCUT2D eigenvalue weighted by molar-refractivity contribution is 0.0961. The molecule has 9 nitrogen and oxygen atoms in total. The average molecular weight is 409 g/mol. The van der Waals surface area contributed by atoms with Gasteiger partial charge < -0.3 is 19.8 Å². The van der Waals surface area contributed by atoms with E-state index in [1.54, 1.807) is 18.7 Å². The van der Waals surface area contributed by atoms with Crippen LogP contribution in [0.5, 0.6) is 0 Å². The number of carbonyl (C=O) groups excluding carboxylic acids is 1. The van der Waals surface area contributed by atoms with Gasteiger partial charge in [-0.25, -0.2) is 9.97 Å². The van der Waals surface area contributed by atoms with Crippen molar-refractivity contribution in [3.63, 3.8) is 0 Å². The first kappa shape index (κ1) is 20.1. The molecule has 2 N–H and O–H groups in total. The molecule has 3 aromatic rings. The van der Waals surface area contributed by atoms with Gasteiger partial charge in [0.05, 0.1) is 11.7 Å². The number of fused-ring (bicyclic) bond motifs is 1. The second-order valence-electron chi connectivity index (χ2n) is 7.66. The Morgan fingerprint density at radius 3 is 2.83 bits per heavy atom. The van der Waals surface area contributed by atoms with Crippen molar-refractivity contribution in [1.29, 1.82) is 0 Å². The van der Waals surface area contributed by atoms with Crippen molar-refractivity contribution in [2.75, 3.05) is 18.9 Å². The van der Waals surface area contributed by atoms with Crippen molar-refractivity contribution in [2.24, 2.45) is 0 Å². The van der Waals surface area contributed by atoms with Gasteiger partial charge in [-0.2, -0.15) is 4.98 Å². The van der Waals surface area contributed by atoms with Gasteiger partial charge in [-0.3, -0.25) is 9.59 Å². The molecule has 30 heavy (non-hydrogen) atoms. The topological polar surface area (TPSA) is 107 Å². The lowest BCUT2D eigenvalue weighted by atomic mass is 9.95. The van der Waals surface area contributed by atoms with E-state index in [1.807, 2.05) is 15.3 Å². The van der Waals surface area contributed by atoms with Gasteiger partial charge in [-0.05, 0) is 19.3 Å². The van der Waals surface area contributed by atoms with E-state index >= 15 is 0 Å². The van der Waals surface area contributed by atoms with Crippen molar-refractivity contribution < 1.29 is 4.79 Å². The minimum atomic E-state index is -0.381. The Morgan fingerprint density at radius 1 is 1.27 bits per heavy atom. The summed E-state index contributed by atoms with van der Waals surface area (Å²) >= 11 is 0. The van der Waals surface area contributed by atoms with Crippen molar-refractivity contribution in [2.45, 2.75) is 51.1 Å². The Bertz CT molecular complexity index is 1070. The van der Waals surface area contributed by atoms with Gasteiger partial charge in [0.2, 0.25) is 11.4 Å². The largest absolute Gasteiger partial charge is 0.355 e. The van der Waals surface area contributed by atoms with Gasteiger partial charge in [-0.15, -0.1) is 0 Å². The summed E-state index contributed by atoms with van der Waals surface area (Å²) in [7, 11) is 1.53. The summed E-state index contributed by atoms with van der Waals surface area (Å²) in [4.78, 5) is 38.2. The highest BCUT2D eigenvalue weighted by atomic mass is 16.2. The van der Waals surface area contributed by atoms with Crippen LogP contribution in [0.15, 0.2) is 35.9 Å². The van der Waals surface area contributed by atoms with Crippen molar-refractivity contribution in [3.8, 4) is 0 Å². The molecule has 1 saturated carbocycles. The maximum atomic E-state index is 12.9. The number of anilines is 1. The first-order valence-electron chi connectivity index (χ1n) is 10.5. The van der Waals surface area contributed by atoms with E-state index in [-0.39, 0.29) is 22.9 Å². The maximum Gasteiger partial charge on any atom is 0.256 e. The highest BCUT2D eigenvalue weighted by Crippen LogP contribution is 2.30. The second kappa shape index (κ2) is 9.06. The molecule has 0 radical (unpaired) electrons. The number of nitrogens with zero attached hydrogens (tertiary/aromatic N) is 5. The van der Waals surface area contributed by atoms with Crippen LogP contribution in [0, 0.1) is 0 Å². The molecule has 0 aliphatic heterocycles. The zero-order chi connectivity index (χ0) is 20.9. The van der Waals surface area contributed by atoms with E-state index in [2.05, 4.69) is 25.6 Å². The molecule has 158 valence electrons. The average Bonchev–Trinajstić information content (AvgIpc) is 3.31. The van der Waals surface area contributed by atoms with Crippen LogP contribution in [-0.4, -0.2) is 43.6 Å². The third-order valence-corrected chi connectivity index (χ3v) is 5.65. The molecule has 1 amide bonds. The smallest absolute Gasteiger partial charge is 0.256 e. The van der Waals surface area contributed by atoms with Crippen LogP contribution in [0.2, 0.25) is 0 Å². The van der Waals surface area contributed by atoms with Crippen LogP contribution in [0.1, 0.15) is 54.9 Å². The van der Waals surface area contributed by atoms with Crippen LogP contribution >= 0.6 is 0 Å². The minimum absolute atomic E-state index is 0.139. The standard InChI is InChI=1S/C21H27N7O2/c1-22-20(30)17-13-28(15-6-3-2-4-7-15)19-16(18(17)29)12-25-21(26-19)24-8-5-10-27-11-9-23-14-27/h9,11-15H,2-8,10H2,1H3,(H,22,30)(H,24,25,26). The van der Waals surface area contributed by atoms with Gasteiger partial charge in [0, 0.05) is 51.0 Å². The van der Waals surface area contributed by atoms with Crippen LogP contribution in [0.4, 0.5) is 5.95 Å². The van der Waals surface area contributed by atoms with E-state index in [1.165, 1.54) is 19.7 Å². The molecule has 3 heterocycles. The minimum Gasteiger partial charge on any atom is -0.355 e. The first-order chi connectivity index (χ1) is 14.7. The van der Waals surface area contributed by atoms with Crippen LogP contribution < -0.4 is 16.1 Å². The number of hydrogen-bond acceptors (Lipinski definition) is 6. The fourth-order valence-corrected chi connectivity index (χ4v) is 4.03. The maximum absolute atomic E-state index is 12.9. The number of hydrogen-bond donors (Lipinski definition) is 2. The van der Waals surface area contributed by atoms with Crippen molar-refractivity contribution >= 4 is 22.9 Å². The van der Waals surface area contributed by atoms with Crippen molar-refractivity contribution in [1.82, 2.24) is 29.4 Å². The Balaban J connectivity index is 1.63. The van der Waals surface area contributed by atoms with Gasteiger partial charge in [0.1, 0.15) is 11.2 Å². The fraction of sp³-hybridized carbons (Fsp3) is 0.476. The van der Waals surface area contributed by atoms with Gasteiger partial charge >= 0.3 is 0 Å². The summed E-state index contributed by atoms with van der Waals surface area (Å²) in [5.74, 6) is 0.109. The van der Waals surface area contributed by atoms with Gasteiger partial charge in [-0.1, -0.05) is 19.3 Å². The van der Waals surface area contributed by atoms with E-state index in [0.29, 0.717) is 23.5 Å². The molecule has 1 aliphatic rings. The van der Waals surface area contributed by atoms with Crippen LogP contribution in [0.25, 0.3) is 11.0 Å². The molecule has 4 rings (SSSR count). The molecule has 1 fully saturated rings. The quantitative estimate of drug-likeness (QED) is 0.580. The van der Waals surface area contributed by atoms with Crippen molar-refractivity contribution in [3.05, 3.63) is 46.9 Å². The molecule has 0 spiro atoms. The number of imidazole rings is 1. The molecule has 9 heteroatoms. The number of nitrogens with one attached hydrogen (secondary N) is 2. The van der Waals surface area contributed by atoms with E-state index in [4.69, 9.17) is 0 Å². The molecular weight excluding hydrogens is 382 g/mol. The molecule has 0 saturated heterocycles. The Hall–Kier alpha value is -3.23. The Labute approximate surface area is 174 Å². The third-order valence-electron chi connectivity index (χ3n) is 5.65. The van der Waals surface area contributed by atoms with Gasteiger partial charge in [0.25, 0.3) is 5.91 Å². The zero-order valence-corrected chi connectivity index (χ0v) is 17.2. The molecular formula is C21H27N7O2. The lowest BCUT2D eigenvalue weighted by Crippen LogP contribution is -2.29. The number of carbonyl (C=O) groups is 1. The number of pyridine rings is 1. The summed E-state index contributed by atoms with van der Waals surface area (Å²) in [6.45, 7) is 1.55. The highest BCUT2D eigenvalue weighted by Gasteiger charge is 2.22. The SMILES string of the molecule is CNC(=O)c1cn(C2CCCCC2)c2nc(NCCCn3ccnc3)ncc2c1=O. The normalized spacial score (nSPS) is 14.7. The van der Waals surface area contributed by atoms with Gasteiger partial charge in [0.15, 0.2) is 0 Å². The molecule has 0 unspecified atom stereocenters. The predicted octanol–water partition coefficient (Wildman–Crippen LogP) is 2.36. The van der Waals surface area contributed by atoms with E-state index in [9.17, 15) is 9.59 Å². The number of aromatic nitrogens is 5. The Morgan fingerprint density at radius 2 is 2.10 bits per heavy atom. The monoisotopic (exact) mass is 409 g/mol. The number of amides is 1. The summed E-state index contributed by atoms with van der Waals surface area (Å²) in [5.41, 5.74) is 0.398. The first-order valence-corrected chi connectivity index (χ1v) is 10.5. The van der Waals surface area contributed by atoms with Crippen LogP contribution in [0.3, 0.4) is 0 Å². The van der Waals surface area contributed by atoms with Crippen LogP contribution in [-0.2, 0) is 6.54 Å². The zero-order valence-electron chi connectivity index (χ0n) is 17.2. The second-order valence-corrected chi connectivity index (χ2v) is 7.66. The summed E-state index contributed by atoms with van der Waals surface area (Å²) in [6.07, 6.45) is 15.1. The lowest BCUT2D eigenvalue weighted by Gasteiger charge is -2.26. The van der Waals surface area contributed by atoms with E-state index in [0.717, 1.165) is 38.6 Å². The summed E-state index contributed by atoms with van der Waals surface area (Å²) in [5, 5.41) is 6.19. The molecule has 0 atom stereocenters. The predicted molar refractivity (Wildman–Crippen MR) is 115 cm³/mol. The molecule has 0 bridgehead atoms. The summed E-state index contributed by atoms with van der Waals surface area (Å²) in [6, 6.07) is 0.231.